The third-order valence-corrected chi connectivity index (χ3v) is 4.99. The molecule has 0 bridgehead atoms. The Morgan fingerprint density at radius 1 is 1.33 bits per heavy atom. The van der Waals surface area contributed by atoms with Gasteiger partial charge in [0.25, 0.3) is 5.89 Å². The molecular weight excluding hydrogens is 366 g/mol. The van der Waals surface area contributed by atoms with Gasteiger partial charge in [0.1, 0.15) is 6.04 Å². The van der Waals surface area contributed by atoms with Crippen LogP contribution in [0.15, 0.2) is 46.3 Å². The minimum absolute atomic E-state index is 0.285. The molecule has 2 amide bonds. The molecule has 27 heavy (non-hydrogen) atoms. The molecule has 1 N–H and O–H groups in total. The van der Waals surface area contributed by atoms with E-state index < -0.39 is 6.04 Å². The van der Waals surface area contributed by atoms with Crippen LogP contribution in [0.3, 0.4) is 0 Å². The number of morpholine rings is 1. The first-order valence-corrected chi connectivity index (χ1v) is 9.15. The number of hydrogen-bond donors (Lipinski definition) is 1. The van der Waals surface area contributed by atoms with E-state index in [-0.39, 0.29) is 12.6 Å². The number of carbonyl (C=O) groups is 1. The number of anilines is 1. The van der Waals surface area contributed by atoms with E-state index >= 15 is 0 Å². The van der Waals surface area contributed by atoms with Crippen molar-refractivity contribution in [2.24, 2.45) is 0 Å². The number of nitriles is 1. The average Bonchev–Trinajstić information content (AvgIpc) is 3.40. The molecule has 1 aliphatic heterocycles. The van der Waals surface area contributed by atoms with E-state index in [1.807, 2.05) is 23.6 Å². The number of rotatable bonds is 3. The van der Waals surface area contributed by atoms with Gasteiger partial charge in [-0.3, -0.25) is 0 Å². The fraction of sp³-hybridized carbons (Fsp3) is 0.222. The number of benzene rings is 1. The lowest BCUT2D eigenvalue weighted by molar-refractivity contribution is 0.00349. The second-order valence-corrected chi connectivity index (χ2v) is 6.78. The molecule has 4 rings (SSSR count). The van der Waals surface area contributed by atoms with Crippen LogP contribution in [0.25, 0.3) is 10.7 Å². The lowest BCUT2D eigenvalue weighted by Crippen LogP contribution is -2.45. The highest BCUT2D eigenvalue weighted by Gasteiger charge is 2.33. The summed E-state index contributed by atoms with van der Waals surface area (Å²) in [5.41, 5.74) is 1.14. The van der Waals surface area contributed by atoms with Gasteiger partial charge < -0.3 is 19.5 Å². The van der Waals surface area contributed by atoms with E-state index in [9.17, 15) is 4.79 Å². The first kappa shape index (κ1) is 17.2. The minimum Gasteiger partial charge on any atom is -0.377 e. The number of carbonyl (C=O) groups excluding carboxylic acids is 1. The van der Waals surface area contributed by atoms with Gasteiger partial charge in [0, 0.05) is 12.2 Å². The van der Waals surface area contributed by atoms with Crippen LogP contribution < -0.4 is 5.32 Å². The second kappa shape index (κ2) is 7.57. The Balaban J connectivity index is 1.51. The number of urea groups is 1. The van der Waals surface area contributed by atoms with Crippen LogP contribution in [0.4, 0.5) is 10.5 Å². The Morgan fingerprint density at radius 2 is 2.19 bits per heavy atom. The number of nitrogens with one attached hydrogen (secondary N) is 1. The van der Waals surface area contributed by atoms with E-state index in [4.69, 9.17) is 14.5 Å². The zero-order chi connectivity index (χ0) is 18.6. The molecule has 8 nitrogen and oxygen atoms in total. The van der Waals surface area contributed by atoms with Gasteiger partial charge in [0.15, 0.2) is 0 Å². The molecule has 1 saturated heterocycles. The Bertz CT molecular complexity index is 962. The Labute approximate surface area is 159 Å². The lowest BCUT2D eigenvalue weighted by Gasteiger charge is -2.33. The smallest absolute Gasteiger partial charge is 0.322 e. The van der Waals surface area contributed by atoms with Gasteiger partial charge in [0.2, 0.25) is 5.82 Å². The van der Waals surface area contributed by atoms with Crippen molar-refractivity contribution in [2.75, 3.05) is 25.1 Å². The molecule has 0 saturated carbocycles. The van der Waals surface area contributed by atoms with Crippen LogP contribution in [-0.4, -0.2) is 40.8 Å². The van der Waals surface area contributed by atoms with Crippen LogP contribution >= 0.6 is 11.3 Å². The standard InChI is InChI=1S/C18H15N5O3S/c19-10-12-3-5-13(6-4-12)20-18(24)23-7-8-25-11-14(23)17-21-16(22-26-17)15-2-1-9-27-15/h1-6,9,14H,7-8,11H2,(H,20,24). The van der Waals surface area contributed by atoms with E-state index in [0.29, 0.717) is 36.1 Å². The molecule has 136 valence electrons. The van der Waals surface area contributed by atoms with Gasteiger partial charge in [-0.1, -0.05) is 11.2 Å². The molecule has 0 radical (unpaired) electrons. The average molecular weight is 381 g/mol. The Hall–Kier alpha value is -3.22. The number of aromatic nitrogens is 2. The number of thiophene rings is 1. The van der Waals surface area contributed by atoms with E-state index in [1.54, 1.807) is 29.2 Å². The first-order valence-electron chi connectivity index (χ1n) is 8.27. The van der Waals surface area contributed by atoms with Crippen LogP contribution in [0.5, 0.6) is 0 Å². The number of nitrogens with zero attached hydrogens (tertiary/aromatic N) is 4. The molecule has 1 fully saturated rings. The molecule has 3 heterocycles. The molecule has 1 aromatic carbocycles. The van der Waals surface area contributed by atoms with Crippen molar-refractivity contribution in [1.29, 1.82) is 5.26 Å². The number of hydrogen-bond acceptors (Lipinski definition) is 7. The number of amides is 2. The highest BCUT2D eigenvalue weighted by Crippen LogP contribution is 2.27. The SMILES string of the molecule is N#Cc1ccc(NC(=O)N2CCOCC2c2nc(-c3cccs3)no2)cc1. The fourth-order valence-electron chi connectivity index (χ4n) is 2.75. The monoisotopic (exact) mass is 381 g/mol. The first-order chi connectivity index (χ1) is 13.2. The summed E-state index contributed by atoms with van der Waals surface area (Å²) in [4.78, 5) is 19.7. The van der Waals surface area contributed by atoms with Crippen LogP contribution in [0, 0.1) is 11.3 Å². The summed E-state index contributed by atoms with van der Waals surface area (Å²) >= 11 is 1.52. The Morgan fingerprint density at radius 3 is 2.93 bits per heavy atom. The Kier molecular flexibility index (Phi) is 4.82. The maximum atomic E-state index is 12.7. The highest BCUT2D eigenvalue weighted by molar-refractivity contribution is 7.13. The molecule has 1 atom stereocenters. The zero-order valence-electron chi connectivity index (χ0n) is 14.2. The summed E-state index contributed by atoms with van der Waals surface area (Å²) in [5.74, 6) is 0.839. The molecule has 3 aromatic rings. The summed E-state index contributed by atoms with van der Waals surface area (Å²) < 4.78 is 10.9. The van der Waals surface area contributed by atoms with Crippen LogP contribution in [-0.2, 0) is 4.74 Å². The summed E-state index contributed by atoms with van der Waals surface area (Å²) in [6.45, 7) is 1.12. The molecule has 1 unspecified atom stereocenters. The van der Waals surface area contributed by atoms with Crippen LogP contribution in [0.1, 0.15) is 17.5 Å². The third-order valence-electron chi connectivity index (χ3n) is 4.12. The van der Waals surface area contributed by atoms with Crippen molar-refractivity contribution >= 4 is 23.1 Å². The molecule has 9 heteroatoms. The molecule has 0 aliphatic carbocycles. The van der Waals surface area contributed by atoms with Crippen LogP contribution in [0.2, 0.25) is 0 Å². The van der Waals surface area contributed by atoms with Gasteiger partial charge in [-0.25, -0.2) is 4.79 Å². The maximum absolute atomic E-state index is 12.7. The lowest BCUT2D eigenvalue weighted by atomic mass is 10.2. The summed E-state index contributed by atoms with van der Waals surface area (Å²) in [6.07, 6.45) is 0. The van der Waals surface area contributed by atoms with Crippen molar-refractivity contribution in [3.05, 3.63) is 53.2 Å². The minimum atomic E-state index is -0.460. The molecule has 2 aromatic heterocycles. The summed E-state index contributed by atoms with van der Waals surface area (Å²) in [6, 6.07) is 11.8. The second-order valence-electron chi connectivity index (χ2n) is 5.84. The molecule has 0 spiro atoms. The summed E-state index contributed by atoms with van der Waals surface area (Å²) in [7, 11) is 0. The van der Waals surface area contributed by atoms with Crippen molar-refractivity contribution in [3.63, 3.8) is 0 Å². The van der Waals surface area contributed by atoms with Gasteiger partial charge in [-0.05, 0) is 35.7 Å². The number of ether oxygens (including phenoxy) is 1. The van der Waals surface area contributed by atoms with Gasteiger partial charge in [-0.15, -0.1) is 11.3 Å². The quantitative estimate of drug-likeness (QED) is 0.747. The predicted octanol–water partition coefficient (Wildman–Crippen LogP) is 3.28. The third kappa shape index (κ3) is 3.67. The van der Waals surface area contributed by atoms with Crippen molar-refractivity contribution < 1.29 is 14.1 Å². The maximum Gasteiger partial charge on any atom is 0.322 e. The zero-order valence-corrected chi connectivity index (χ0v) is 15.0. The molecule has 1 aliphatic rings. The van der Waals surface area contributed by atoms with E-state index in [1.165, 1.54) is 11.3 Å². The van der Waals surface area contributed by atoms with Gasteiger partial charge >= 0.3 is 6.03 Å². The molecular formula is C18H15N5O3S. The fourth-order valence-corrected chi connectivity index (χ4v) is 3.40. The predicted molar refractivity (Wildman–Crippen MR) is 98.1 cm³/mol. The van der Waals surface area contributed by atoms with Gasteiger partial charge in [0.05, 0.1) is 29.7 Å². The van der Waals surface area contributed by atoms with E-state index in [0.717, 1.165) is 4.88 Å². The largest absolute Gasteiger partial charge is 0.377 e. The normalized spacial score (nSPS) is 16.7. The van der Waals surface area contributed by atoms with Crippen molar-refractivity contribution in [3.8, 4) is 16.8 Å². The highest BCUT2D eigenvalue weighted by atomic mass is 32.1. The summed E-state index contributed by atoms with van der Waals surface area (Å²) in [5, 5.41) is 17.6. The van der Waals surface area contributed by atoms with Crippen molar-refractivity contribution in [2.45, 2.75) is 6.04 Å². The topological polar surface area (TPSA) is 104 Å². The van der Waals surface area contributed by atoms with E-state index in [2.05, 4.69) is 15.5 Å². The van der Waals surface area contributed by atoms with Gasteiger partial charge in [-0.2, -0.15) is 10.2 Å². The van der Waals surface area contributed by atoms with Crippen molar-refractivity contribution in [1.82, 2.24) is 15.0 Å².